The van der Waals surface area contributed by atoms with Gasteiger partial charge in [-0.05, 0) is 39.7 Å². The lowest BCUT2D eigenvalue weighted by Gasteiger charge is -2.07. The van der Waals surface area contributed by atoms with E-state index in [0.717, 1.165) is 10.0 Å². The molecule has 1 aromatic heterocycles. The molecule has 1 heterocycles. The lowest BCUT2D eigenvalue weighted by atomic mass is 10.1. The fourth-order valence-electron chi connectivity index (χ4n) is 1.48. The van der Waals surface area contributed by atoms with Crippen molar-refractivity contribution in [2.45, 2.75) is 6.54 Å². The Morgan fingerprint density at radius 1 is 1.39 bits per heavy atom. The fraction of sp³-hybridized carbons (Fsp3) is 0.0769. The van der Waals surface area contributed by atoms with Gasteiger partial charge in [-0.2, -0.15) is 5.26 Å². The monoisotopic (exact) mass is 321 g/mol. The van der Waals surface area contributed by atoms with Crippen molar-refractivity contribution in [1.29, 1.82) is 5.26 Å². The molecule has 0 atom stereocenters. The summed E-state index contributed by atoms with van der Waals surface area (Å²) in [4.78, 5) is 4.18. The van der Waals surface area contributed by atoms with Crippen LogP contribution in [0.3, 0.4) is 0 Å². The smallest absolute Gasteiger partial charge is 0.145 e. The average molecular weight is 323 g/mol. The van der Waals surface area contributed by atoms with Gasteiger partial charge in [-0.15, -0.1) is 0 Å². The first-order valence-corrected chi connectivity index (χ1v) is 6.40. The average Bonchev–Trinajstić information content (AvgIpc) is 2.38. The van der Waals surface area contributed by atoms with Crippen molar-refractivity contribution in [3.05, 3.63) is 57.2 Å². The molecule has 0 aliphatic rings. The van der Waals surface area contributed by atoms with Gasteiger partial charge in [0.2, 0.25) is 0 Å². The topological polar surface area (TPSA) is 48.7 Å². The first-order valence-electron chi connectivity index (χ1n) is 5.23. The zero-order chi connectivity index (χ0) is 13.0. The van der Waals surface area contributed by atoms with Crippen LogP contribution in [0.25, 0.3) is 0 Å². The summed E-state index contributed by atoms with van der Waals surface area (Å²) in [5, 5.41) is 12.5. The minimum Gasteiger partial charge on any atom is -0.365 e. The first-order chi connectivity index (χ1) is 8.69. The Morgan fingerprint density at radius 2 is 2.22 bits per heavy atom. The van der Waals surface area contributed by atoms with Crippen LogP contribution in [-0.4, -0.2) is 4.98 Å². The van der Waals surface area contributed by atoms with Crippen LogP contribution in [-0.2, 0) is 6.54 Å². The molecule has 0 saturated heterocycles. The third kappa shape index (κ3) is 3.22. The quantitative estimate of drug-likeness (QED) is 0.930. The van der Waals surface area contributed by atoms with Gasteiger partial charge >= 0.3 is 0 Å². The summed E-state index contributed by atoms with van der Waals surface area (Å²) in [6, 6.07) is 11.3. The minimum atomic E-state index is 0.556. The van der Waals surface area contributed by atoms with Crippen molar-refractivity contribution in [3.8, 4) is 6.07 Å². The number of anilines is 1. The Kier molecular flexibility index (Phi) is 4.19. The zero-order valence-electron chi connectivity index (χ0n) is 9.32. The number of aromatic nitrogens is 1. The molecule has 2 aromatic rings. The van der Waals surface area contributed by atoms with Gasteiger partial charge in [0.05, 0.1) is 16.7 Å². The lowest BCUT2D eigenvalue weighted by molar-refractivity contribution is 1.11. The van der Waals surface area contributed by atoms with Gasteiger partial charge in [0, 0.05) is 17.2 Å². The minimum absolute atomic E-state index is 0.556. The van der Waals surface area contributed by atoms with Gasteiger partial charge in [0.25, 0.3) is 0 Å². The molecule has 5 heteroatoms. The van der Waals surface area contributed by atoms with Crippen LogP contribution < -0.4 is 5.32 Å². The molecule has 0 aliphatic heterocycles. The molecule has 0 fully saturated rings. The van der Waals surface area contributed by atoms with Gasteiger partial charge in [-0.25, -0.2) is 4.98 Å². The molecule has 3 nitrogen and oxygen atoms in total. The Balaban J connectivity index is 2.09. The van der Waals surface area contributed by atoms with Crippen molar-refractivity contribution >= 4 is 33.3 Å². The molecule has 0 bridgehead atoms. The Labute approximate surface area is 119 Å². The molecular formula is C13H9BrClN3. The van der Waals surface area contributed by atoms with Crippen LogP contribution in [0, 0.1) is 11.3 Å². The van der Waals surface area contributed by atoms with Gasteiger partial charge in [0.15, 0.2) is 0 Å². The number of hydrogen-bond acceptors (Lipinski definition) is 3. The molecule has 1 aromatic carbocycles. The highest BCUT2D eigenvalue weighted by molar-refractivity contribution is 9.10. The number of pyridine rings is 1. The summed E-state index contributed by atoms with van der Waals surface area (Å²) >= 11 is 9.35. The second-order valence-electron chi connectivity index (χ2n) is 3.65. The maximum Gasteiger partial charge on any atom is 0.145 e. The number of rotatable bonds is 3. The molecule has 0 aliphatic carbocycles. The predicted octanol–water partition coefficient (Wildman–Crippen LogP) is 3.98. The van der Waals surface area contributed by atoms with E-state index in [1.807, 2.05) is 18.2 Å². The maximum atomic E-state index is 8.81. The standard InChI is InChI=1S/C13H9BrClN3/c14-11-5-12(15)13(18-8-11)17-7-10-3-1-2-9(4-10)6-16/h1-5,8H,7H2,(H,17,18). The van der Waals surface area contributed by atoms with E-state index in [9.17, 15) is 0 Å². The van der Waals surface area contributed by atoms with Crippen molar-refractivity contribution in [2.24, 2.45) is 0 Å². The van der Waals surface area contributed by atoms with E-state index < -0.39 is 0 Å². The van der Waals surface area contributed by atoms with Crippen LogP contribution in [0.5, 0.6) is 0 Å². The highest BCUT2D eigenvalue weighted by atomic mass is 79.9. The number of nitriles is 1. The zero-order valence-corrected chi connectivity index (χ0v) is 11.7. The van der Waals surface area contributed by atoms with Crippen LogP contribution in [0.2, 0.25) is 5.02 Å². The lowest BCUT2D eigenvalue weighted by Crippen LogP contribution is -2.02. The van der Waals surface area contributed by atoms with Crippen LogP contribution in [0.4, 0.5) is 5.82 Å². The molecule has 0 saturated carbocycles. The van der Waals surface area contributed by atoms with Gasteiger partial charge in [-0.1, -0.05) is 23.7 Å². The number of halogens is 2. The molecule has 18 heavy (non-hydrogen) atoms. The summed E-state index contributed by atoms with van der Waals surface area (Å²) in [6.07, 6.45) is 1.68. The van der Waals surface area contributed by atoms with E-state index in [1.165, 1.54) is 0 Å². The summed E-state index contributed by atoms with van der Waals surface area (Å²) in [5.74, 6) is 0.627. The fourth-order valence-corrected chi connectivity index (χ4v) is 2.18. The van der Waals surface area contributed by atoms with E-state index in [2.05, 4.69) is 32.3 Å². The Hall–Kier alpha value is -1.57. The molecule has 0 amide bonds. The second-order valence-corrected chi connectivity index (χ2v) is 4.97. The van der Waals surface area contributed by atoms with Crippen molar-refractivity contribution in [3.63, 3.8) is 0 Å². The van der Waals surface area contributed by atoms with E-state index in [1.54, 1.807) is 18.3 Å². The van der Waals surface area contributed by atoms with Gasteiger partial charge in [0.1, 0.15) is 5.82 Å². The normalized spacial score (nSPS) is 9.83. The van der Waals surface area contributed by atoms with Crippen LogP contribution in [0.1, 0.15) is 11.1 Å². The summed E-state index contributed by atoms with van der Waals surface area (Å²) < 4.78 is 0.838. The predicted molar refractivity (Wildman–Crippen MR) is 75.4 cm³/mol. The maximum absolute atomic E-state index is 8.81. The van der Waals surface area contributed by atoms with E-state index in [0.29, 0.717) is 22.9 Å². The van der Waals surface area contributed by atoms with Crippen molar-refractivity contribution in [1.82, 2.24) is 4.98 Å². The molecule has 0 spiro atoms. The van der Waals surface area contributed by atoms with E-state index >= 15 is 0 Å². The number of hydrogen-bond donors (Lipinski definition) is 1. The molecule has 0 unspecified atom stereocenters. The number of nitrogens with zero attached hydrogens (tertiary/aromatic N) is 2. The largest absolute Gasteiger partial charge is 0.365 e. The highest BCUT2D eigenvalue weighted by Crippen LogP contribution is 2.23. The second kappa shape index (κ2) is 5.85. The van der Waals surface area contributed by atoms with Crippen LogP contribution in [0.15, 0.2) is 41.0 Å². The highest BCUT2D eigenvalue weighted by Gasteiger charge is 2.02. The van der Waals surface area contributed by atoms with Crippen LogP contribution >= 0.6 is 27.5 Å². The summed E-state index contributed by atoms with van der Waals surface area (Å²) in [7, 11) is 0. The molecular weight excluding hydrogens is 314 g/mol. The molecule has 90 valence electrons. The summed E-state index contributed by atoms with van der Waals surface area (Å²) in [5.41, 5.74) is 1.65. The van der Waals surface area contributed by atoms with Gasteiger partial charge < -0.3 is 5.32 Å². The van der Waals surface area contributed by atoms with E-state index in [4.69, 9.17) is 16.9 Å². The third-order valence-electron chi connectivity index (χ3n) is 2.32. The molecule has 1 N–H and O–H groups in total. The van der Waals surface area contributed by atoms with E-state index in [-0.39, 0.29) is 0 Å². The Morgan fingerprint density at radius 3 is 2.94 bits per heavy atom. The summed E-state index contributed by atoms with van der Waals surface area (Å²) in [6.45, 7) is 0.573. The molecule has 2 rings (SSSR count). The number of nitrogens with one attached hydrogen (secondary N) is 1. The SMILES string of the molecule is N#Cc1cccc(CNc2ncc(Br)cc2Cl)c1. The Bertz CT molecular complexity index is 607. The van der Waals surface area contributed by atoms with Crippen molar-refractivity contribution in [2.75, 3.05) is 5.32 Å². The van der Waals surface area contributed by atoms with Gasteiger partial charge in [-0.3, -0.25) is 0 Å². The first kappa shape index (κ1) is 12.9. The third-order valence-corrected chi connectivity index (χ3v) is 3.05. The van der Waals surface area contributed by atoms with Crippen molar-refractivity contribution < 1.29 is 0 Å². The molecule has 0 radical (unpaired) electrons. The number of benzene rings is 1.